The molecule has 1 fully saturated rings. The van der Waals surface area contributed by atoms with Crippen LogP contribution in [0.2, 0.25) is 0 Å². The van der Waals surface area contributed by atoms with Crippen LogP contribution in [0, 0.1) is 0 Å². The Bertz CT molecular complexity index is 510. The van der Waals surface area contributed by atoms with Gasteiger partial charge in [-0.2, -0.15) is 0 Å². The standard InChI is InChI=1S/C15H20N2O3.ClH/c1-16-12-3-2-6-17(10-12)15(18)11-4-5-13-14(9-11)20-8-7-19-13;/h4-5,9,12,16H,2-3,6-8,10H2,1H3;1H. The summed E-state index contributed by atoms with van der Waals surface area (Å²) in [4.78, 5) is 14.5. The summed E-state index contributed by atoms with van der Waals surface area (Å²) in [6, 6.07) is 5.82. The summed E-state index contributed by atoms with van der Waals surface area (Å²) in [5.74, 6) is 1.46. The lowest BCUT2D eigenvalue weighted by Gasteiger charge is -2.32. The molecule has 116 valence electrons. The van der Waals surface area contributed by atoms with Crippen LogP contribution in [0.1, 0.15) is 23.2 Å². The fourth-order valence-corrected chi connectivity index (χ4v) is 2.76. The molecule has 3 rings (SSSR count). The predicted octanol–water partition coefficient (Wildman–Crippen LogP) is 1.70. The van der Waals surface area contributed by atoms with Gasteiger partial charge in [-0.05, 0) is 38.1 Å². The molecule has 0 aliphatic carbocycles. The average molecular weight is 313 g/mol. The molecule has 0 spiro atoms. The Morgan fingerprint density at radius 1 is 1.29 bits per heavy atom. The molecule has 1 unspecified atom stereocenters. The molecule has 21 heavy (non-hydrogen) atoms. The van der Waals surface area contributed by atoms with Gasteiger partial charge in [0.2, 0.25) is 0 Å². The van der Waals surface area contributed by atoms with Crippen molar-refractivity contribution in [1.29, 1.82) is 0 Å². The van der Waals surface area contributed by atoms with E-state index in [-0.39, 0.29) is 18.3 Å². The fraction of sp³-hybridized carbons (Fsp3) is 0.533. The minimum absolute atomic E-state index is 0. The molecular formula is C15H21ClN2O3. The minimum atomic E-state index is 0. The van der Waals surface area contributed by atoms with E-state index in [1.165, 1.54) is 0 Å². The monoisotopic (exact) mass is 312 g/mol. The summed E-state index contributed by atoms with van der Waals surface area (Å²) in [5, 5.41) is 3.25. The van der Waals surface area contributed by atoms with Gasteiger partial charge in [0.15, 0.2) is 11.5 Å². The molecule has 0 radical (unpaired) electrons. The number of likely N-dealkylation sites (N-methyl/N-ethyl adjacent to an activating group) is 1. The molecular weight excluding hydrogens is 292 g/mol. The largest absolute Gasteiger partial charge is 0.486 e. The summed E-state index contributed by atoms with van der Waals surface area (Å²) >= 11 is 0. The maximum atomic E-state index is 12.5. The number of piperidine rings is 1. The van der Waals surface area contributed by atoms with E-state index in [0.717, 1.165) is 31.7 Å². The van der Waals surface area contributed by atoms with Crippen LogP contribution >= 0.6 is 12.4 Å². The number of carbonyl (C=O) groups is 1. The van der Waals surface area contributed by atoms with Crippen LogP contribution in [0.5, 0.6) is 11.5 Å². The highest BCUT2D eigenvalue weighted by Crippen LogP contribution is 2.31. The fourth-order valence-electron chi connectivity index (χ4n) is 2.76. The van der Waals surface area contributed by atoms with E-state index >= 15 is 0 Å². The lowest BCUT2D eigenvalue weighted by Crippen LogP contribution is -2.46. The molecule has 0 bridgehead atoms. The number of hydrogen-bond donors (Lipinski definition) is 1. The van der Waals surface area contributed by atoms with Gasteiger partial charge in [0, 0.05) is 24.7 Å². The average Bonchev–Trinajstić information content (AvgIpc) is 2.53. The van der Waals surface area contributed by atoms with E-state index in [4.69, 9.17) is 9.47 Å². The van der Waals surface area contributed by atoms with Gasteiger partial charge in [-0.1, -0.05) is 0 Å². The van der Waals surface area contributed by atoms with Gasteiger partial charge in [0.25, 0.3) is 5.91 Å². The van der Waals surface area contributed by atoms with Crippen molar-refractivity contribution < 1.29 is 14.3 Å². The van der Waals surface area contributed by atoms with Crippen LogP contribution in [0.4, 0.5) is 0 Å². The van der Waals surface area contributed by atoms with Gasteiger partial charge in [-0.25, -0.2) is 0 Å². The lowest BCUT2D eigenvalue weighted by atomic mass is 10.0. The van der Waals surface area contributed by atoms with E-state index in [0.29, 0.717) is 30.6 Å². The molecule has 6 heteroatoms. The highest BCUT2D eigenvalue weighted by molar-refractivity contribution is 5.95. The van der Waals surface area contributed by atoms with Crippen LogP contribution in [-0.4, -0.2) is 50.2 Å². The number of hydrogen-bond acceptors (Lipinski definition) is 4. The molecule has 2 aliphatic heterocycles. The van der Waals surface area contributed by atoms with Crippen molar-refractivity contribution in [3.63, 3.8) is 0 Å². The van der Waals surface area contributed by atoms with Crippen LogP contribution in [-0.2, 0) is 0 Å². The molecule has 1 atom stereocenters. The second kappa shape index (κ2) is 7.00. The van der Waals surface area contributed by atoms with Crippen molar-refractivity contribution >= 4 is 18.3 Å². The molecule has 1 N–H and O–H groups in total. The zero-order valence-corrected chi connectivity index (χ0v) is 12.9. The number of likely N-dealkylation sites (tertiary alicyclic amines) is 1. The number of ether oxygens (including phenoxy) is 2. The normalized spacial score (nSPS) is 20.6. The first-order valence-electron chi connectivity index (χ1n) is 7.14. The Morgan fingerprint density at radius 3 is 2.81 bits per heavy atom. The van der Waals surface area contributed by atoms with E-state index in [1.54, 1.807) is 6.07 Å². The Hall–Kier alpha value is -1.46. The Morgan fingerprint density at radius 2 is 2.05 bits per heavy atom. The summed E-state index contributed by atoms with van der Waals surface area (Å²) in [6.07, 6.45) is 2.17. The van der Waals surface area contributed by atoms with E-state index in [2.05, 4.69) is 5.32 Å². The van der Waals surface area contributed by atoms with Crippen molar-refractivity contribution in [3.05, 3.63) is 23.8 Å². The molecule has 1 amide bonds. The van der Waals surface area contributed by atoms with Crippen LogP contribution in [0.15, 0.2) is 18.2 Å². The Kier molecular flexibility index (Phi) is 5.31. The molecule has 5 nitrogen and oxygen atoms in total. The zero-order chi connectivity index (χ0) is 13.9. The van der Waals surface area contributed by atoms with Gasteiger partial charge in [-0.15, -0.1) is 12.4 Å². The third kappa shape index (κ3) is 3.41. The third-order valence-corrected chi connectivity index (χ3v) is 3.91. The van der Waals surface area contributed by atoms with Crippen molar-refractivity contribution in [1.82, 2.24) is 10.2 Å². The number of fused-ring (bicyclic) bond motifs is 1. The molecule has 1 aromatic rings. The molecule has 1 aromatic carbocycles. The summed E-state index contributed by atoms with van der Waals surface area (Å²) in [5.41, 5.74) is 0.672. The first kappa shape index (κ1) is 15.9. The highest BCUT2D eigenvalue weighted by Gasteiger charge is 2.24. The van der Waals surface area contributed by atoms with Gasteiger partial charge in [-0.3, -0.25) is 4.79 Å². The highest BCUT2D eigenvalue weighted by atomic mass is 35.5. The number of rotatable bonds is 2. The number of carbonyl (C=O) groups excluding carboxylic acids is 1. The van der Waals surface area contributed by atoms with Crippen LogP contribution in [0.3, 0.4) is 0 Å². The Balaban J connectivity index is 0.00000161. The number of halogens is 1. The maximum absolute atomic E-state index is 12.5. The molecule has 0 aromatic heterocycles. The van der Waals surface area contributed by atoms with Gasteiger partial charge < -0.3 is 19.7 Å². The molecule has 0 saturated carbocycles. The summed E-state index contributed by atoms with van der Waals surface area (Å²) in [6.45, 7) is 2.70. The predicted molar refractivity (Wildman–Crippen MR) is 82.7 cm³/mol. The van der Waals surface area contributed by atoms with Crippen molar-refractivity contribution in [2.45, 2.75) is 18.9 Å². The molecule has 1 saturated heterocycles. The third-order valence-electron chi connectivity index (χ3n) is 3.91. The van der Waals surface area contributed by atoms with Crippen molar-refractivity contribution in [3.8, 4) is 11.5 Å². The SMILES string of the molecule is CNC1CCCN(C(=O)c2ccc3c(c2)OCCO3)C1.Cl. The second-order valence-corrected chi connectivity index (χ2v) is 5.24. The van der Waals surface area contributed by atoms with Gasteiger partial charge in [0.1, 0.15) is 13.2 Å². The Labute approximate surface area is 131 Å². The number of nitrogens with one attached hydrogen (secondary N) is 1. The second-order valence-electron chi connectivity index (χ2n) is 5.24. The molecule has 2 aliphatic rings. The summed E-state index contributed by atoms with van der Waals surface area (Å²) in [7, 11) is 1.95. The molecule has 2 heterocycles. The van der Waals surface area contributed by atoms with Crippen molar-refractivity contribution in [2.75, 3.05) is 33.4 Å². The summed E-state index contributed by atoms with van der Waals surface area (Å²) < 4.78 is 11.0. The topological polar surface area (TPSA) is 50.8 Å². The zero-order valence-electron chi connectivity index (χ0n) is 12.1. The van der Waals surface area contributed by atoms with Crippen LogP contribution < -0.4 is 14.8 Å². The quantitative estimate of drug-likeness (QED) is 0.903. The van der Waals surface area contributed by atoms with E-state index < -0.39 is 0 Å². The maximum Gasteiger partial charge on any atom is 0.254 e. The first-order chi connectivity index (χ1) is 9.78. The number of amides is 1. The number of nitrogens with zero attached hydrogens (tertiary/aromatic N) is 1. The van der Waals surface area contributed by atoms with Crippen LogP contribution in [0.25, 0.3) is 0 Å². The van der Waals surface area contributed by atoms with E-state index in [9.17, 15) is 4.79 Å². The first-order valence-corrected chi connectivity index (χ1v) is 7.14. The van der Waals surface area contributed by atoms with Crippen molar-refractivity contribution in [2.24, 2.45) is 0 Å². The van der Waals surface area contributed by atoms with Gasteiger partial charge in [0.05, 0.1) is 0 Å². The lowest BCUT2D eigenvalue weighted by molar-refractivity contribution is 0.0697. The smallest absolute Gasteiger partial charge is 0.254 e. The van der Waals surface area contributed by atoms with E-state index in [1.807, 2.05) is 24.1 Å². The van der Waals surface area contributed by atoms with Gasteiger partial charge >= 0.3 is 0 Å². The minimum Gasteiger partial charge on any atom is -0.486 e. The number of benzene rings is 1.